The van der Waals surface area contributed by atoms with Crippen LogP contribution in [0.2, 0.25) is 5.02 Å². The fourth-order valence-corrected chi connectivity index (χ4v) is 1.37. The molecule has 0 aliphatic heterocycles. The lowest BCUT2D eigenvalue weighted by molar-refractivity contribution is -0.385. The molecular formula is C10H10ClN3O4. The Balaban J connectivity index is 3.02. The van der Waals surface area contributed by atoms with Crippen molar-refractivity contribution in [3.8, 4) is 5.75 Å². The Bertz CT molecular complexity index is 516. The summed E-state index contributed by atoms with van der Waals surface area (Å²) in [6.07, 6.45) is 1.16. The Kier molecular flexibility index (Phi) is 4.61. The van der Waals surface area contributed by atoms with E-state index in [1.807, 2.05) is 0 Å². The Morgan fingerprint density at radius 1 is 1.67 bits per heavy atom. The van der Waals surface area contributed by atoms with E-state index in [1.54, 1.807) is 0 Å². The number of aliphatic imine (C=N–C) groups is 1. The van der Waals surface area contributed by atoms with Crippen molar-refractivity contribution in [2.45, 2.75) is 0 Å². The quantitative estimate of drug-likeness (QED) is 0.486. The maximum absolute atomic E-state index is 10.9. The summed E-state index contributed by atoms with van der Waals surface area (Å²) in [5.41, 5.74) is -0.429. The zero-order valence-corrected chi connectivity index (χ0v) is 10.1. The average Bonchev–Trinajstić information content (AvgIpc) is 2.32. The molecule has 96 valence electrons. The number of phenols is 1. The van der Waals surface area contributed by atoms with Crippen LogP contribution >= 0.6 is 11.6 Å². The number of phenolic OH excluding ortho intramolecular Hbond substituents is 1. The second kappa shape index (κ2) is 5.97. The van der Waals surface area contributed by atoms with Gasteiger partial charge in [-0.15, -0.1) is 0 Å². The van der Waals surface area contributed by atoms with Gasteiger partial charge in [0.1, 0.15) is 6.54 Å². The zero-order chi connectivity index (χ0) is 13.7. The van der Waals surface area contributed by atoms with E-state index in [-0.39, 0.29) is 23.0 Å². The Labute approximate surface area is 107 Å². The maximum atomic E-state index is 10.9. The van der Waals surface area contributed by atoms with Gasteiger partial charge in [0.25, 0.3) is 0 Å². The molecular weight excluding hydrogens is 262 g/mol. The van der Waals surface area contributed by atoms with Gasteiger partial charge in [0.2, 0.25) is 11.7 Å². The molecule has 0 saturated heterocycles. The van der Waals surface area contributed by atoms with Crippen molar-refractivity contribution < 1.29 is 14.8 Å². The van der Waals surface area contributed by atoms with Crippen LogP contribution in [0.3, 0.4) is 0 Å². The molecule has 0 aliphatic rings. The monoisotopic (exact) mass is 271 g/mol. The van der Waals surface area contributed by atoms with E-state index in [0.29, 0.717) is 0 Å². The van der Waals surface area contributed by atoms with E-state index in [4.69, 9.17) is 11.6 Å². The van der Waals surface area contributed by atoms with Gasteiger partial charge in [0.15, 0.2) is 0 Å². The third-order valence-corrected chi connectivity index (χ3v) is 2.24. The van der Waals surface area contributed by atoms with Gasteiger partial charge >= 0.3 is 5.69 Å². The number of nitro benzene ring substituents is 1. The second-order valence-corrected chi connectivity index (χ2v) is 3.70. The fraction of sp³-hybridized carbons (Fsp3) is 0.200. The van der Waals surface area contributed by atoms with Crippen molar-refractivity contribution in [2.75, 3.05) is 13.6 Å². The van der Waals surface area contributed by atoms with Crippen molar-refractivity contribution in [3.63, 3.8) is 0 Å². The lowest BCUT2D eigenvalue weighted by atomic mass is 10.2. The van der Waals surface area contributed by atoms with Crippen molar-refractivity contribution in [1.82, 2.24) is 5.32 Å². The fourth-order valence-electron chi connectivity index (χ4n) is 1.15. The Hall–Kier alpha value is -2.15. The summed E-state index contributed by atoms with van der Waals surface area (Å²) in [7, 11) is 1.46. The number of carbonyl (C=O) groups excluding carboxylic acids is 1. The minimum absolute atomic E-state index is 0.0816. The number of likely N-dealkylation sites (N-methyl/N-ethyl adjacent to an activating group) is 1. The molecule has 18 heavy (non-hydrogen) atoms. The standard InChI is InChI=1S/C10H10ClN3O4/c1-12-9(15)5-13-4-6-2-7(11)3-8(10(6)16)14(17)18/h2-4,16H,5H2,1H3,(H,12,15). The number of amides is 1. The van der Waals surface area contributed by atoms with Crippen LogP contribution in [0.15, 0.2) is 17.1 Å². The SMILES string of the molecule is CNC(=O)CN=Cc1cc(Cl)cc([N+](=O)[O-])c1O. The van der Waals surface area contributed by atoms with E-state index in [9.17, 15) is 20.0 Å². The highest BCUT2D eigenvalue weighted by Gasteiger charge is 2.17. The van der Waals surface area contributed by atoms with Gasteiger partial charge in [-0.1, -0.05) is 11.6 Å². The summed E-state index contributed by atoms with van der Waals surface area (Å²) in [6.45, 7) is -0.143. The van der Waals surface area contributed by atoms with E-state index in [1.165, 1.54) is 13.1 Å². The van der Waals surface area contributed by atoms with Gasteiger partial charge in [-0.05, 0) is 6.07 Å². The molecule has 2 N–H and O–H groups in total. The largest absolute Gasteiger partial charge is 0.502 e. The Morgan fingerprint density at radius 3 is 2.89 bits per heavy atom. The first-order valence-corrected chi connectivity index (χ1v) is 5.20. The molecule has 0 saturated carbocycles. The topological polar surface area (TPSA) is 105 Å². The lowest BCUT2D eigenvalue weighted by Gasteiger charge is -2.01. The van der Waals surface area contributed by atoms with Crippen molar-refractivity contribution in [3.05, 3.63) is 32.8 Å². The number of carbonyl (C=O) groups is 1. The summed E-state index contributed by atoms with van der Waals surface area (Å²) in [6, 6.07) is 2.35. The number of nitrogens with zero attached hydrogens (tertiary/aromatic N) is 2. The van der Waals surface area contributed by atoms with Crippen molar-refractivity contribution in [2.24, 2.45) is 4.99 Å². The van der Waals surface area contributed by atoms with Crippen LogP contribution in [0.4, 0.5) is 5.69 Å². The van der Waals surface area contributed by atoms with Gasteiger partial charge in [-0.25, -0.2) is 0 Å². The molecule has 0 aliphatic carbocycles. The summed E-state index contributed by atoms with van der Waals surface area (Å²) in [4.78, 5) is 24.5. The molecule has 1 aromatic rings. The predicted molar refractivity (Wildman–Crippen MR) is 66.3 cm³/mol. The summed E-state index contributed by atoms with van der Waals surface area (Å²) in [5.74, 6) is -0.854. The number of benzene rings is 1. The number of aromatic hydroxyl groups is 1. The molecule has 0 fully saturated rings. The molecule has 0 spiro atoms. The highest BCUT2D eigenvalue weighted by atomic mass is 35.5. The number of nitrogens with one attached hydrogen (secondary N) is 1. The molecule has 1 rings (SSSR count). The molecule has 7 nitrogen and oxygen atoms in total. The minimum atomic E-state index is -0.753. The number of halogens is 1. The highest BCUT2D eigenvalue weighted by Crippen LogP contribution is 2.32. The van der Waals surface area contributed by atoms with Gasteiger partial charge in [-0.3, -0.25) is 19.9 Å². The number of hydrogen-bond donors (Lipinski definition) is 2. The van der Waals surface area contributed by atoms with E-state index in [0.717, 1.165) is 12.3 Å². The third-order valence-electron chi connectivity index (χ3n) is 2.02. The zero-order valence-electron chi connectivity index (χ0n) is 9.38. The average molecular weight is 272 g/mol. The van der Waals surface area contributed by atoms with E-state index >= 15 is 0 Å². The normalized spacial score (nSPS) is 10.6. The van der Waals surface area contributed by atoms with Gasteiger partial charge in [-0.2, -0.15) is 0 Å². The number of nitro groups is 1. The number of rotatable bonds is 4. The maximum Gasteiger partial charge on any atom is 0.312 e. The van der Waals surface area contributed by atoms with Crippen LogP contribution in [0.5, 0.6) is 5.75 Å². The summed E-state index contributed by atoms with van der Waals surface area (Å²) in [5, 5.41) is 22.7. The van der Waals surface area contributed by atoms with Crippen LogP contribution in [-0.2, 0) is 4.79 Å². The second-order valence-electron chi connectivity index (χ2n) is 3.26. The van der Waals surface area contributed by atoms with Crippen molar-refractivity contribution >= 4 is 29.4 Å². The summed E-state index contributed by atoms with van der Waals surface area (Å²) < 4.78 is 0. The smallest absolute Gasteiger partial charge is 0.312 e. The van der Waals surface area contributed by atoms with Crippen LogP contribution in [0.25, 0.3) is 0 Å². The molecule has 0 unspecified atom stereocenters. The molecule has 0 heterocycles. The minimum Gasteiger partial charge on any atom is -0.502 e. The molecule has 0 radical (unpaired) electrons. The molecule has 8 heteroatoms. The van der Waals surface area contributed by atoms with Crippen LogP contribution < -0.4 is 5.32 Å². The van der Waals surface area contributed by atoms with Gasteiger partial charge < -0.3 is 10.4 Å². The molecule has 0 bridgehead atoms. The Morgan fingerprint density at radius 2 is 2.33 bits per heavy atom. The van der Waals surface area contributed by atoms with Gasteiger partial charge in [0, 0.05) is 29.9 Å². The van der Waals surface area contributed by atoms with E-state index in [2.05, 4.69) is 10.3 Å². The molecule has 1 aromatic carbocycles. The molecule has 0 atom stereocenters. The first kappa shape index (κ1) is 13.9. The lowest BCUT2D eigenvalue weighted by Crippen LogP contribution is -2.20. The van der Waals surface area contributed by atoms with Crippen LogP contribution in [0, 0.1) is 10.1 Å². The van der Waals surface area contributed by atoms with Crippen LogP contribution in [0.1, 0.15) is 5.56 Å². The van der Waals surface area contributed by atoms with Crippen LogP contribution in [-0.4, -0.2) is 35.7 Å². The molecule has 0 aromatic heterocycles. The summed E-state index contributed by atoms with van der Waals surface area (Å²) >= 11 is 5.68. The third kappa shape index (κ3) is 3.42. The van der Waals surface area contributed by atoms with Crippen molar-refractivity contribution in [1.29, 1.82) is 0 Å². The first-order chi connectivity index (χ1) is 8.45. The molecule has 1 amide bonds. The highest BCUT2D eigenvalue weighted by molar-refractivity contribution is 6.31. The first-order valence-electron chi connectivity index (χ1n) is 4.83. The van der Waals surface area contributed by atoms with E-state index < -0.39 is 16.4 Å². The predicted octanol–water partition coefficient (Wildman–Crippen LogP) is 1.12. The number of hydrogen-bond acceptors (Lipinski definition) is 5. The van der Waals surface area contributed by atoms with Gasteiger partial charge in [0.05, 0.1) is 4.92 Å².